The van der Waals surface area contributed by atoms with Crippen LogP contribution in [0.5, 0.6) is 0 Å². The fourth-order valence-corrected chi connectivity index (χ4v) is 3.31. The number of furan rings is 1. The SMILES string of the molecule is O=c1c2ccccc2oc2oc(-c3ccc(F)cc3)c(I)c12. The number of fused-ring (bicyclic) bond motifs is 2. The highest BCUT2D eigenvalue weighted by Crippen LogP contribution is 2.34. The number of hydrogen-bond donors (Lipinski definition) is 0. The Bertz CT molecular complexity index is 1060. The van der Waals surface area contributed by atoms with Gasteiger partial charge in [0.05, 0.1) is 8.96 Å². The average Bonchev–Trinajstić information content (AvgIpc) is 2.85. The summed E-state index contributed by atoms with van der Waals surface area (Å²) in [5.74, 6) is 0.369. The molecule has 0 spiro atoms. The molecule has 0 N–H and O–H groups in total. The lowest BCUT2D eigenvalue weighted by Gasteiger charge is -1.96. The Morgan fingerprint density at radius 3 is 2.45 bits per heavy atom. The van der Waals surface area contributed by atoms with E-state index in [0.29, 0.717) is 31.2 Å². The van der Waals surface area contributed by atoms with Gasteiger partial charge in [0, 0.05) is 5.56 Å². The van der Waals surface area contributed by atoms with Crippen molar-refractivity contribution in [1.29, 1.82) is 0 Å². The van der Waals surface area contributed by atoms with E-state index in [1.165, 1.54) is 12.1 Å². The molecule has 0 radical (unpaired) electrons. The van der Waals surface area contributed by atoms with Gasteiger partial charge in [-0.3, -0.25) is 4.79 Å². The molecule has 2 heterocycles. The molecule has 0 aliphatic carbocycles. The van der Waals surface area contributed by atoms with Crippen LogP contribution in [0.15, 0.2) is 62.2 Å². The molecule has 5 heteroatoms. The lowest BCUT2D eigenvalue weighted by molar-refractivity contribution is 0.502. The molecule has 0 saturated heterocycles. The molecular formula is C17H8FIO3. The second kappa shape index (κ2) is 4.95. The quantitative estimate of drug-likeness (QED) is 0.420. The first-order chi connectivity index (χ1) is 10.6. The third kappa shape index (κ3) is 1.96. The molecule has 4 rings (SSSR count). The zero-order valence-electron chi connectivity index (χ0n) is 11.1. The number of benzene rings is 2. The third-order valence-electron chi connectivity index (χ3n) is 3.49. The standard InChI is InChI=1S/C17H8FIO3/c18-10-7-5-9(6-8-10)16-14(19)13-15(20)11-3-1-2-4-12(11)21-17(13)22-16/h1-8H. The molecule has 0 fully saturated rings. The highest BCUT2D eigenvalue weighted by atomic mass is 127. The second-order valence-corrected chi connectivity index (χ2v) is 5.92. The van der Waals surface area contributed by atoms with Crippen molar-refractivity contribution in [3.8, 4) is 11.3 Å². The number of rotatable bonds is 1. The van der Waals surface area contributed by atoms with Crippen molar-refractivity contribution in [3.63, 3.8) is 0 Å². The third-order valence-corrected chi connectivity index (χ3v) is 4.51. The van der Waals surface area contributed by atoms with Crippen LogP contribution in [-0.2, 0) is 0 Å². The molecule has 4 aromatic rings. The van der Waals surface area contributed by atoms with E-state index >= 15 is 0 Å². The Balaban J connectivity index is 2.08. The van der Waals surface area contributed by atoms with Crippen LogP contribution in [0.3, 0.4) is 0 Å². The maximum absolute atomic E-state index is 13.1. The first-order valence-corrected chi connectivity index (χ1v) is 7.63. The second-order valence-electron chi connectivity index (χ2n) is 4.84. The topological polar surface area (TPSA) is 43.4 Å². The average molecular weight is 406 g/mol. The van der Waals surface area contributed by atoms with Gasteiger partial charge in [0.25, 0.3) is 0 Å². The van der Waals surface area contributed by atoms with E-state index < -0.39 is 0 Å². The Hall–Kier alpha value is -2.15. The predicted octanol–water partition coefficient (Wildman–Crippen LogP) is 4.95. The fraction of sp³-hybridized carbons (Fsp3) is 0. The minimum atomic E-state index is -0.324. The normalized spacial score (nSPS) is 11.4. The summed E-state index contributed by atoms with van der Waals surface area (Å²) in [4.78, 5) is 12.6. The van der Waals surface area contributed by atoms with Gasteiger partial charge in [0.1, 0.15) is 16.8 Å². The van der Waals surface area contributed by atoms with Gasteiger partial charge in [-0.2, -0.15) is 0 Å². The van der Waals surface area contributed by atoms with Gasteiger partial charge in [-0.15, -0.1) is 0 Å². The molecule has 0 bridgehead atoms. The molecule has 108 valence electrons. The summed E-state index contributed by atoms with van der Waals surface area (Å²) >= 11 is 2.06. The lowest BCUT2D eigenvalue weighted by Crippen LogP contribution is -2.01. The van der Waals surface area contributed by atoms with Crippen molar-refractivity contribution < 1.29 is 13.2 Å². The Morgan fingerprint density at radius 1 is 0.955 bits per heavy atom. The van der Waals surface area contributed by atoms with Gasteiger partial charge in [0.2, 0.25) is 5.43 Å². The number of halogens is 2. The van der Waals surface area contributed by atoms with Gasteiger partial charge in [-0.25, -0.2) is 4.39 Å². The van der Waals surface area contributed by atoms with Crippen LogP contribution in [0.25, 0.3) is 33.5 Å². The molecule has 0 aliphatic rings. The maximum Gasteiger partial charge on any atom is 0.303 e. The van der Waals surface area contributed by atoms with Gasteiger partial charge in [0.15, 0.2) is 5.76 Å². The van der Waals surface area contributed by atoms with E-state index in [2.05, 4.69) is 22.6 Å². The van der Waals surface area contributed by atoms with Gasteiger partial charge < -0.3 is 8.83 Å². The van der Waals surface area contributed by atoms with Crippen molar-refractivity contribution >= 4 is 44.7 Å². The minimum absolute atomic E-state index is 0.127. The first kappa shape index (κ1) is 13.5. The van der Waals surface area contributed by atoms with Crippen molar-refractivity contribution in [3.05, 3.63) is 68.1 Å². The maximum atomic E-state index is 13.1. The molecule has 3 nitrogen and oxygen atoms in total. The van der Waals surface area contributed by atoms with E-state index in [0.717, 1.165) is 0 Å². The van der Waals surface area contributed by atoms with E-state index in [1.54, 1.807) is 36.4 Å². The minimum Gasteiger partial charge on any atom is -0.425 e. The smallest absolute Gasteiger partial charge is 0.303 e. The van der Waals surface area contributed by atoms with E-state index in [9.17, 15) is 9.18 Å². The fourth-order valence-electron chi connectivity index (χ4n) is 2.42. The summed E-state index contributed by atoms with van der Waals surface area (Å²) in [6, 6.07) is 13.0. The molecular weight excluding hydrogens is 398 g/mol. The molecule has 22 heavy (non-hydrogen) atoms. The predicted molar refractivity (Wildman–Crippen MR) is 90.4 cm³/mol. The largest absolute Gasteiger partial charge is 0.425 e. The van der Waals surface area contributed by atoms with E-state index in [1.807, 2.05) is 0 Å². The summed E-state index contributed by atoms with van der Waals surface area (Å²) in [6.45, 7) is 0. The summed E-state index contributed by atoms with van der Waals surface area (Å²) in [5, 5.41) is 0.929. The van der Waals surface area contributed by atoms with Crippen LogP contribution >= 0.6 is 22.6 Å². The zero-order chi connectivity index (χ0) is 15.3. The van der Waals surface area contributed by atoms with Gasteiger partial charge >= 0.3 is 5.78 Å². The zero-order valence-corrected chi connectivity index (χ0v) is 13.3. The van der Waals surface area contributed by atoms with Gasteiger partial charge in [-0.1, -0.05) is 12.1 Å². The summed E-state index contributed by atoms with van der Waals surface area (Å²) in [5.41, 5.74) is 1.05. The lowest BCUT2D eigenvalue weighted by atomic mass is 10.1. The van der Waals surface area contributed by atoms with Crippen LogP contribution in [0, 0.1) is 9.39 Å². The summed E-state index contributed by atoms with van der Waals surface area (Å²) in [7, 11) is 0. The Kier molecular flexibility index (Phi) is 3.04. The first-order valence-electron chi connectivity index (χ1n) is 6.55. The number of hydrogen-bond acceptors (Lipinski definition) is 3. The van der Waals surface area contributed by atoms with Crippen LogP contribution in [0.4, 0.5) is 4.39 Å². The molecule has 0 atom stereocenters. The molecule has 0 amide bonds. The van der Waals surface area contributed by atoms with Crippen molar-refractivity contribution in [2.24, 2.45) is 0 Å². The van der Waals surface area contributed by atoms with Crippen molar-refractivity contribution in [1.82, 2.24) is 0 Å². The van der Waals surface area contributed by atoms with Crippen LogP contribution < -0.4 is 5.43 Å². The highest BCUT2D eigenvalue weighted by Gasteiger charge is 2.20. The van der Waals surface area contributed by atoms with Crippen molar-refractivity contribution in [2.75, 3.05) is 0 Å². The van der Waals surface area contributed by atoms with Crippen molar-refractivity contribution in [2.45, 2.75) is 0 Å². The Labute approximate surface area is 137 Å². The monoisotopic (exact) mass is 406 g/mol. The summed E-state index contributed by atoms with van der Waals surface area (Å²) in [6.07, 6.45) is 0. The molecule has 2 aromatic carbocycles. The molecule has 0 unspecified atom stereocenters. The van der Waals surface area contributed by atoms with E-state index in [-0.39, 0.29) is 17.0 Å². The Morgan fingerprint density at radius 2 is 1.68 bits per heavy atom. The molecule has 2 aromatic heterocycles. The van der Waals surface area contributed by atoms with Crippen LogP contribution in [0.2, 0.25) is 0 Å². The van der Waals surface area contributed by atoms with Crippen LogP contribution in [-0.4, -0.2) is 0 Å². The van der Waals surface area contributed by atoms with Gasteiger partial charge in [-0.05, 0) is 59.0 Å². The van der Waals surface area contributed by atoms with E-state index in [4.69, 9.17) is 8.83 Å². The number of para-hydroxylation sites is 1. The van der Waals surface area contributed by atoms with Crippen LogP contribution in [0.1, 0.15) is 0 Å². The molecule has 0 saturated carbocycles. The highest BCUT2D eigenvalue weighted by molar-refractivity contribution is 14.1. The summed E-state index contributed by atoms with van der Waals surface area (Å²) < 4.78 is 25.1. The molecule has 0 aliphatic heterocycles.